The lowest BCUT2D eigenvalue weighted by Gasteiger charge is -2.49. The van der Waals surface area contributed by atoms with Crippen molar-refractivity contribution < 1.29 is 23.8 Å². The Morgan fingerprint density at radius 1 is 0.875 bits per heavy atom. The molecule has 0 fully saturated rings. The second kappa shape index (κ2) is 13.4. The number of Topliss-reactive ketones (excluding diaryl/α,β-unsaturated/α-hetero) is 2. The van der Waals surface area contributed by atoms with Crippen molar-refractivity contribution in [1.82, 2.24) is 4.90 Å². The molecule has 1 heterocycles. The van der Waals surface area contributed by atoms with E-state index in [1.54, 1.807) is 7.11 Å². The molecule has 0 saturated carbocycles. The third-order valence-corrected chi connectivity index (χ3v) is 10.3. The van der Waals surface area contributed by atoms with Gasteiger partial charge >= 0.3 is 0 Å². The molecule has 7 heteroatoms. The number of rotatable bonds is 10. The van der Waals surface area contributed by atoms with Crippen LogP contribution in [-0.2, 0) is 20.9 Å². The zero-order valence-electron chi connectivity index (χ0n) is 29.4. The molecule has 0 spiro atoms. The lowest BCUT2D eigenvalue weighted by atomic mass is 9.63. The molecule has 3 aliphatic rings. The van der Waals surface area contributed by atoms with E-state index in [4.69, 9.17) is 25.8 Å². The molecule has 3 aromatic carbocycles. The molecule has 6 rings (SSSR count). The summed E-state index contributed by atoms with van der Waals surface area (Å²) in [6, 6.07) is 16.3. The van der Waals surface area contributed by atoms with Crippen molar-refractivity contribution in [3.05, 3.63) is 92.8 Å². The summed E-state index contributed by atoms with van der Waals surface area (Å²) in [6.07, 6.45) is 3.14. The zero-order chi connectivity index (χ0) is 34.4. The van der Waals surface area contributed by atoms with E-state index in [0.29, 0.717) is 55.7 Å². The minimum absolute atomic E-state index is 0.0908. The summed E-state index contributed by atoms with van der Waals surface area (Å²) in [5, 5.41) is 2.68. The van der Waals surface area contributed by atoms with Crippen LogP contribution in [0.25, 0.3) is 10.8 Å². The normalized spacial score (nSPS) is 19.1. The summed E-state index contributed by atoms with van der Waals surface area (Å²) < 4.78 is 18.1. The molecular weight excluding hydrogens is 622 g/mol. The van der Waals surface area contributed by atoms with Gasteiger partial charge in [0.25, 0.3) is 0 Å². The minimum Gasteiger partial charge on any atom is -0.490 e. The zero-order valence-corrected chi connectivity index (χ0v) is 30.2. The van der Waals surface area contributed by atoms with Gasteiger partial charge in [0.15, 0.2) is 23.1 Å². The predicted octanol–water partition coefficient (Wildman–Crippen LogP) is 9.50. The van der Waals surface area contributed by atoms with Crippen LogP contribution in [0.15, 0.2) is 71.1 Å². The van der Waals surface area contributed by atoms with Crippen LogP contribution in [0.2, 0.25) is 5.02 Å². The fraction of sp³-hybridized carbons (Fsp3) is 0.463. The topological polar surface area (TPSA) is 65.1 Å². The summed E-state index contributed by atoms with van der Waals surface area (Å²) >= 11 is 7.11. The van der Waals surface area contributed by atoms with E-state index >= 15 is 0 Å². The largest absolute Gasteiger partial charge is 0.490 e. The fourth-order valence-corrected chi connectivity index (χ4v) is 8.23. The number of methoxy groups -OCH3 is 1. The number of nitrogens with zero attached hydrogens (tertiary/aromatic N) is 1. The van der Waals surface area contributed by atoms with Crippen molar-refractivity contribution in [3.8, 4) is 11.5 Å². The van der Waals surface area contributed by atoms with E-state index < -0.39 is 5.92 Å². The van der Waals surface area contributed by atoms with Crippen LogP contribution in [0.3, 0.4) is 0 Å². The Balaban J connectivity index is 1.48. The molecule has 0 amide bonds. The van der Waals surface area contributed by atoms with Gasteiger partial charge < -0.3 is 19.1 Å². The second-order valence-electron chi connectivity index (χ2n) is 15.2. The molecule has 254 valence electrons. The summed E-state index contributed by atoms with van der Waals surface area (Å²) in [5.41, 5.74) is 6.12. The van der Waals surface area contributed by atoms with Crippen molar-refractivity contribution in [2.45, 2.75) is 86.2 Å². The SMILES string of the molecule is CCOc1cc(C2C3=C(CC(C)(C)CC3=O)N(CCCOC)C3=C2C(=O)CC(C)(C)C3)cc(Cl)c1OCc1c(C)ccc2ccccc12. The first-order valence-electron chi connectivity index (χ1n) is 17.2. The third-order valence-electron chi connectivity index (χ3n) is 10.1. The maximum atomic E-state index is 14.2. The lowest BCUT2D eigenvalue weighted by molar-refractivity contribution is -0.119. The smallest absolute Gasteiger partial charge is 0.180 e. The molecule has 0 saturated heterocycles. The molecule has 0 aromatic heterocycles. The summed E-state index contributed by atoms with van der Waals surface area (Å²) in [6.45, 7) is 14.7. The van der Waals surface area contributed by atoms with E-state index in [0.717, 1.165) is 69.3 Å². The Bertz CT molecular complexity index is 1780. The van der Waals surface area contributed by atoms with E-state index in [1.807, 2.05) is 31.2 Å². The Morgan fingerprint density at radius 2 is 1.52 bits per heavy atom. The van der Waals surface area contributed by atoms with Crippen LogP contribution in [0.1, 0.15) is 89.3 Å². The number of halogens is 1. The minimum atomic E-state index is -0.521. The van der Waals surface area contributed by atoms with Crippen molar-refractivity contribution in [2.75, 3.05) is 26.9 Å². The monoisotopic (exact) mass is 669 g/mol. The fourth-order valence-electron chi connectivity index (χ4n) is 7.96. The standard InChI is InChI=1S/C41H48ClNO5/c1-8-47-35-19-27(18-30(42)39(35)48-24-29-25(2)14-15-26-12-9-10-13-28(26)29)36-37-31(20-40(3,4)22-33(37)44)43(16-11-17-46-7)32-21-41(5,6)23-34(45)38(32)36/h9-10,12-15,18-19,36H,8,11,16-17,20-24H2,1-7H3. The quantitative estimate of drug-likeness (QED) is 0.200. The molecule has 0 N–H and O–H groups in total. The number of ketones is 2. The number of hydrogen-bond acceptors (Lipinski definition) is 6. The molecule has 2 aliphatic carbocycles. The first-order valence-corrected chi connectivity index (χ1v) is 17.6. The van der Waals surface area contributed by atoms with E-state index in [9.17, 15) is 9.59 Å². The van der Waals surface area contributed by atoms with Gasteiger partial charge in [0.1, 0.15) is 6.61 Å². The van der Waals surface area contributed by atoms with Crippen LogP contribution >= 0.6 is 11.6 Å². The van der Waals surface area contributed by atoms with Gasteiger partial charge in [-0.3, -0.25) is 9.59 Å². The van der Waals surface area contributed by atoms with E-state index in [-0.39, 0.29) is 22.4 Å². The van der Waals surface area contributed by atoms with Gasteiger partial charge in [-0.1, -0.05) is 75.7 Å². The summed E-state index contributed by atoms with van der Waals surface area (Å²) in [4.78, 5) is 30.8. The first-order chi connectivity index (χ1) is 22.8. The van der Waals surface area contributed by atoms with Crippen LogP contribution < -0.4 is 9.47 Å². The first kappa shape index (κ1) is 34.3. The molecule has 6 nitrogen and oxygen atoms in total. The van der Waals surface area contributed by atoms with Crippen LogP contribution in [0, 0.1) is 17.8 Å². The van der Waals surface area contributed by atoms with Gasteiger partial charge in [-0.05, 0) is 78.0 Å². The lowest BCUT2D eigenvalue weighted by Crippen LogP contribution is -2.44. The van der Waals surface area contributed by atoms with Crippen molar-refractivity contribution in [3.63, 3.8) is 0 Å². The van der Waals surface area contributed by atoms with Gasteiger partial charge in [0, 0.05) is 67.1 Å². The Labute approximate surface area is 290 Å². The molecule has 1 aliphatic heterocycles. The van der Waals surface area contributed by atoms with E-state index in [2.05, 4.69) is 63.8 Å². The number of allylic oxidation sites excluding steroid dienone is 4. The maximum absolute atomic E-state index is 14.2. The highest BCUT2D eigenvalue weighted by Gasteiger charge is 2.49. The van der Waals surface area contributed by atoms with Crippen molar-refractivity contribution in [1.29, 1.82) is 0 Å². The van der Waals surface area contributed by atoms with Gasteiger partial charge in [-0.15, -0.1) is 0 Å². The van der Waals surface area contributed by atoms with Crippen LogP contribution in [-0.4, -0.2) is 43.3 Å². The average Bonchev–Trinajstić information content (AvgIpc) is 3.00. The number of hydrogen-bond donors (Lipinski definition) is 0. The molecule has 3 aromatic rings. The number of carbonyl (C=O) groups excluding carboxylic acids is 2. The summed E-state index contributed by atoms with van der Waals surface area (Å²) in [5.74, 6) is 0.632. The molecule has 0 bridgehead atoms. The highest BCUT2D eigenvalue weighted by Crippen LogP contribution is 2.55. The van der Waals surface area contributed by atoms with Gasteiger partial charge in [-0.25, -0.2) is 0 Å². The Kier molecular flexibility index (Phi) is 9.54. The van der Waals surface area contributed by atoms with Crippen LogP contribution in [0.4, 0.5) is 0 Å². The number of ether oxygens (including phenoxy) is 3. The predicted molar refractivity (Wildman–Crippen MR) is 192 cm³/mol. The third kappa shape index (κ3) is 6.54. The number of aryl methyl sites for hydroxylation is 1. The molecule has 0 atom stereocenters. The van der Waals surface area contributed by atoms with Gasteiger partial charge in [0.2, 0.25) is 0 Å². The highest BCUT2D eigenvalue weighted by molar-refractivity contribution is 6.32. The van der Waals surface area contributed by atoms with Crippen molar-refractivity contribution >= 4 is 33.9 Å². The highest BCUT2D eigenvalue weighted by atomic mass is 35.5. The Hall–Kier alpha value is -3.61. The summed E-state index contributed by atoms with van der Waals surface area (Å²) in [7, 11) is 1.71. The van der Waals surface area contributed by atoms with Crippen LogP contribution in [0.5, 0.6) is 11.5 Å². The maximum Gasteiger partial charge on any atom is 0.180 e. The average molecular weight is 670 g/mol. The number of carbonyl (C=O) groups is 2. The second-order valence-corrected chi connectivity index (χ2v) is 15.6. The molecule has 0 radical (unpaired) electrons. The number of fused-ring (bicyclic) bond motifs is 1. The molecule has 0 unspecified atom stereocenters. The Morgan fingerprint density at radius 3 is 2.15 bits per heavy atom. The molecular formula is C41H48ClNO5. The van der Waals surface area contributed by atoms with Crippen molar-refractivity contribution in [2.24, 2.45) is 10.8 Å². The number of benzene rings is 3. The van der Waals surface area contributed by atoms with E-state index in [1.165, 1.54) is 0 Å². The molecule has 48 heavy (non-hydrogen) atoms. The van der Waals surface area contributed by atoms with Gasteiger partial charge in [-0.2, -0.15) is 0 Å². The van der Waals surface area contributed by atoms with Gasteiger partial charge in [0.05, 0.1) is 11.6 Å².